The van der Waals surface area contributed by atoms with Crippen molar-refractivity contribution in [2.45, 2.75) is 39.8 Å². The van der Waals surface area contributed by atoms with E-state index in [0.29, 0.717) is 61.1 Å². The lowest BCUT2D eigenvalue weighted by atomic mass is 9.94. The Balaban J connectivity index is 2.00. The van der Waals surface area contributed by atoms with E-state index in [9.17, 15) is 14.4 Å². The molecule has 1 fully saturated rings. The van der Waals surface area contributed by atoms with E-state index >= 15 is 0 Å². The second-order valence-electron chi connectivity index (χ2n) is 8.46. The molecule has 0 saturated carbocycles. The van der Waals surface area contributed by atoms with E-state index in [4.69, 9.17) is 27.9 Å². The minimum atomic E-state index is -0.806. The summed E-state index contributed by atoms with van der Waals surface area (Å²) in [6.45, 7) is 10.7. The van der Waals surface area contributed by atoms with Gasteiger partial charge in [-0.3, -0.25) is 9.80 Å². The van der Waals surface area contributed by atoms with Crippen LogP contribution in [0.5, 0.6) is 0 Å². The van der Waals surface area contributed by atoms with Gasteiger partial charge in [-0.25, -0.2) is 14.4 Å². The molecule has 3 rings (SSSR count). The van der Waals surface area contributed by atoms with E-state index in [2.05, 4.69) is 15.5 Å². The van der Waals surface area contributed by atoms with Gasteiger partial charge >= 0.3 is 18.0 Å². The van der Waals surface area contributed by atoms with Gasteiger partial charge in [0.15, 0.2) is 0 Å². The summed E-state index contributed by atoms with van der Waals surface area (Å²) in [6.07, 6.45) is 0. The Labute approximate surface area is 216 Å². The van der Waals surface area contributed by atoms with Gasteiger partial charge in [-0.2, -0.15) is 0 Å². The zero-order chi connectivity index (χ0) is 25.7. The number of halogens is 2. The van der Waals surface area contributed by atoms with Gasteiger partial charge in [0.1, 0.15) is 0 Å². The Bertz CT molecular complexity index is 1000. The molecule has 192 valence electrons. The van der Waals surface area contributed by atoms with Gasteiger partial charge < -0.3 is 20.3 Å². The van der Waals surface area contributed by atoms with E-state index in [1.807, 2.05) is 20.8 Å². The van der Waals surface area contributed by atoms with Crippen LogP contribution in [0.1, 0.15) is 39.3 Å². The van der Waals surface area contributed by atoms with Gasteiger partial charge in [-0.05, 0) is 39.3 Å². The molecule has 0 radical (unpaired) electrons. The van der Waals surface area contributed by atoms with Crippen molar-refractivity contribution in [3.8, 4) is 0 Å². The van der Waals surface area contributed by atoms with Gasteiger partial charge in [-0.1, -0.05) is 35.3 Å². The average molecular weight is 526 g/mol. The van der Waals surface area contributed by atoms with Gasteiger partial charge in [-0.15, -0.1) is 0 Å². The molecule has 9 nitrogen and oxygen atoms in total. The third kappa shape index (κ3) is 5.85. The number of nitrogens with zero attached hydrogens (tertiary/aromatic N) is 3. The molecule has 0 unspecified atom stereocenters. The molecule has 0 bridgehead atoms. The zero-order valence-electron chi connectivity index (χ0n) is 20.6. The number of likely N-dealkylation sites (N-methyl/N-ethyl adjacent to an activating group) is 1. The highest BCUT2D eigenvalue weighted by Crippen LogP contribution is 2.38. The molecule has 4 amide bonds. The summed E-state index contributed by atoms with van der Waals surface area (Å²) in [5.74, 6) is -0.518. The number of carbonyl (C=O) groups excluding carboxylic acids is 3. The molecular weight excluding hydrogens is 493 g/mol. The van der Waals surface area contributed by atoms with Crippen LogP contribution in [0, 0.1) is 0 Å². The minimum absolute atomic E-state index is 0.0346. The summed E-state index contributed by atoms with van der Waals surface area (Å²) < 4.78 is 5.42. The Kier molecular flexibility index (Phi) is 9.27. The smallest absolute Gasteiger partial charge is 0.338 e. The minimum Gasteiger partial charge on any atom is -0.463 e. The van der Waals surface area contributed by atoms with Gasteiger partial charge in [0.2, 0.25) is 0 Å². The number of urea groups is 2. The summed E-state index contributed by atoms with van der Waals surface area (Å²) in [5.41, 5.74) is 1.42. The number of hydrogen-bond donors (Lipinski definition) is 2. The van der Waals surface area contributed by atoms with Crippen LogP contribution in [-0.2, 0) is 9.53 Å². The number of rotatable bonds is 7. The van der Waals surface area contributed by atoms with E-state index < -0.39 is 12.0 Å². The fourth-order valence-electron chi connectivity index (χ4n) is 4.58. The van der Waals surface area contributed by atoms with Crippen LogP contribution in [0.4, 0.5) is 9.59 Å². The van der Waals surface area contributed by atoms with Crippen molar-refractivity contribution in [1.82, 2.24) is 25.3 Å². The fourth-order valence-corrected chi connectivity index (χ4v) is 4.99. The predicted molar refractivity (Wildman–Crippen MR) is 135 cm³/mol. The molecule has 1 aromatic carbocycles. The number of benzene rings is 1. The number of carbonyl (C=O) groups is 3. The normalized spacial score (nSPS) is 21.1. The summed E-state index contributed by atoms with van der Waals surface area (Å²) in [4.78, 5) is 44.3. The SMILES string of the molecule is CCNC(=O)N1CCN(CC2=C(C(=O)OCC)[C@@H](c3cccc(Cl)c3Cl)NC(=O)N2CC)C[C@H]1C. The van der Waals surface area contributed by atoms with Crippen molar-refractivity contribution in [1.29, 1.82) is 0 Å². The van der Waals surface area contributed by atoms with Gasteiger partial charge in [0.05, 0.1) is 28.3 Å². The number of nitrogens with one attached hydrogen (secondary N) is 2. The third-order valence-electron chi connectivity index (χ3n) is 6.22. The van der Waals surface area contributed by atoms with E-state index in [1.54, 1.807) is 34.9 Å². The molecule has 2 aliphatic rings. The van der Waals surface area contributed by atoms with Crippen LogP contribution < -0.4 is 10.6 Å². The topological polar surface area (TPSA) is 94.2 Å². The lowest BCUT2D eigenvalue weighted by Gasteiger charge is -2.42. The Morgan fingerprint density at radius 2 is 1.94 bits per heavy atom. The van der Waals surface area contributed by atoms with Crippen LogP contribution >= 0.6 is 23.2 Å². The maximum atomic E-state index is 13.3. The Morgan fingerprint density at radius 1 is 1.20 bits per heavy atom. The second kappa shape index (κ2) is 12.0. The van der Waals surface area contributed by atoms with E-state index in [-0.39, 0.29) is 29.7 Å². The second-order valence-corrected chi connectivity index (χ2v) is 9.25. The summed E-state index contributed by atoms with van der Waals surface area (Å²) in [5, 5.41) is 6.36. The average Bonchev–Trinajstić information content (AvgIpc) is 2.81. The molecule has 2 heterocycles. The standard InChI is InChI=1S/C24H33Cl2N5O4/c1-5-27-23(33)31-12-11-29(13-15(31)4)14-18-19(22(32)35-7-3)21(28-24(34)30(18)6-2)16-9-8-10-17(25)20(16)26/h8-10,15,21H,5-7,11-14H2,1-4H3,(H,27,33)(H,28,34)/t15-,21-/m1/s1. The number of hydrogen-bond acceptors (Lipinski definition) is 5. The third-order valence-corrected chi connectivity index (χ3v) is 7.05. The quantitative estimate of drug-likeness (QED) is 0.530. The highest BCUT2D eigenvalue weighted by molar-refractivity contribution is 6.42. The molecular formula is C24H33Cl2N5O4. The summed E-state index contributed by atoms with van der Waals surface area (Å²) in [6, 6.07) is 3.87. The maximum absolute atomic E-state index is 13.3. The molecule has 35 heavy (non-hydrogen) atoms. The lowest BCUT2D eigenvalue weighted by molar-refractivity contribution is -0.139. The highest BCUT2D eigenvalue weighted by atomic mass is 35.5. The first kappa shape index (κ1) is 27.1. The van der Waals surface area contributed by atoms with Crippen molar-refractivity contribution in [3.63, 3.8) is 0 Å². The monoisotopic (exact) mass is 525 g/mol. The molecule has 0 aliphatic carbocycles. The fraction of sp³-hybridized carbons (Fsp3) is 0.542. The van der Waals surface area contributed by atoms with Crippen LogP contribution in [0.2, 0.25) is 10.0 Å². The zero-order valence-corrected chi connectivity index (χ0v) is 22.1. The molecule has 2 aliphatic heterocycles. The number of piperazine rings is 1. The number of ether oxygens (including phenoxy) is 1. The lowest BCUT2D eigenvalue weighted by Crippen LogP contribution is -2.58. The van der Waals surface area contributed by atoms with Crippen LogP contribution in [0.3, 0.4) is 0 Å². The summed E-state index contributed by atoms with van der Waals surface area (Å²) in [7, 11) is 0. The first-order valence-corrected chi connectivity index (χ1v) is 12.7. The molecule has 1 aromatic rings. The van der Waals surface area contributed by atoms with Crippen molar-refractivity contribution in [3.05, 3.63) is 45.1 Å². The first-order chi connectivity index (χ1) is 16.7. The molecule has 1 saturated heterocycles. The molecule has 0 spiro atoms. The predicted octanol–water partition coefficient (Wildman–Crippen LogP) is 3.63. The van der Waals surface area contributed by atoms with Crippen molar-refractivity contribution in [2.24, 2.45) is 0 Å². The summed E-state index contributed by atoms with van der Waals surface area (Å²) >= 11 is 12.7. The molecule has 2 atom stereocenters. The van der Waals surface area contributed by atoms with Gasteiger partial charge in [0.25, 0.3) is 0 Å². The Hall–Kier alpha value is -2.49. The van der Waals surface area contributed by atoms with E-state index in [0.717, 1.165) is 0 Å². The molecule has 0 aromatic heterocycles. The van der Waals surface area contributed by atoms with Gasteiger partial charge in [0, 0.05) is 51.0 Å². The van der Waals surface area contributed by atoms with E-state index in [1.165, 1.54) is 0 Å². The molecule has 11 heteroatoms. The number of esters is 1. The van der Waals surface area contributed by atoms with Crippen LogP contribution in [0.25, 0.3) is 0 Å². The number of amides is 4. The maximum Gasteiger partial charge on any atom is 0.338 e. The van der Waals surface area contributed by atoms with Crippen molar-refractivity contribution >= 4 is 41.2 Å². The van der Waals surface area contributed by atoms with Crippen molar-refractivity contribution < 1.29 is 19.1 Å². The first-order valence-electron chi connectivity index (χ1n) is 11.9. The molecule has 2 N–H and O–H groups in total. The highest BCUT2D eigenvalue weighted by Gasteiger charge is 2.40. The van der Waals surface area contributed by atoms with Crippen LogP contribution in [0.15, 0.2) is 29.5 Å². The Morgan fingerprint density at radius 3 is 2.57 bits per heavy atom. The largest absolute Gasteiger partial charge is 0.463 e. The van der Waals surface area contributed by atoms with Crippen molar-refractivity contribution in [2.75, 3.05) is 45.9 Å². The van der Waals surface area contributed by atoms with Crippen LogP contribution in [-0.4, -0.2) is 84.6 Å².